The third-order valence-corrected chi connectivity index (χ3v) is 4.20. The van der Waals surface area contributed by atoms with E-state index in [2.05, 4.69) is 9.82 Å². The van der Waals surface area contributed by atoms with Crippen LogP contribution in [-0.4, -0.2) is 22.5 Å². The molecule has 1 saturated heterocycles. The third-order valence-electron chi connectivity index (χ3n) is 3.83. The molecule has 6 nitrogen and oxygen atoms in total. The topological polar surface area (TPSA) is 76.1 Å². The van der Waals surface area contributed by atoms with Crippen LogP contribution in [0.2, 0.25) is 0 Å². The highest BCUT2D eigenvalue weighted by molar-refractivity contribution is 7.99. The molecule has 1 unspecified atom stereocenters. The SMILES string of the molecule is CSNn1c(=O)[nH]c2cc(C(F)(F)F)c(C3CCCO3)cc2c1=O. The van der Waals surface area contributed by atoms with Gasteiger partial charge in [0.1, 0.15) is 0 Å². The number of fused-ring (bicyclic) bond motifs is 1. The van der Waals surface area contributed by atoms with E-state index in [0.717, 1.165) is 22.7 Å². The van der Waals surface area contributed by atoms with E-state index in [0.29, 0.717) is 19.4 Å². The lowest BCUT2D eigenvalue weighted by Gasteiger charge is -2.18. The lowest BCUT2D eigenvalue weighted by molar-refractivity contribution is -0.139. The second-order valence-electron chi connectivity index (χ2n) is 5.35. The van der Waals surface area contributed by atoms with Crippen molar-refractivity contribution in [1.82, 2.24) is 9.66 Å². The van der Waals surface area contributed by atoms with Gasteiger partial charge in [0.25, 0.3) is 5.56 Å². The van der Waals surface area contributed by atoms with E-state index in [1.54, 1.807) is 6.26 Å². The summed E-state index contributed by atoms with van der Waals surface area (Å²) in [6, 6.07) is 1.98. The molecule has 1 atom stereocenters. The van der Waals surface area contributed by atoms with Gasteiger partial charge >= 0.3 is 11.9 Å². The molecule has 24 heavy (non-hydrogen) atoms. The molecule has 0 saturated carbocycles. The van der Waals surface area contributed by atoms with E-state index < -0.39 is 29.1 Å². The maximum Gasteiger partial charge on any atom is 0.416 e. The van der Waals surface area contributed by atoms with Gasteiger partial charge in [-0.2, -0.15) is 17.8 Å². The number of hydrogen-bond donors (Lipinski definition) is 2. The van der Waals surface area contributed by atoms with Crippen LogP contribution in [0.25, 0.3) is 10.9 Å². The van der Waals surface area contributed by atoms with Gasteiger partial charge in [-0.1, -0.05) is 0 Å². The fraction of sp³-hybridized carbons (Fsp3) is 0.429. The zero-order valence-corrected chi connectivity index (χ0v) is 13.4. The summed E-state index contributed by atoms with van der Waals surface area (Å²) >= 11 is 1.02. The highest BCUT2D eigenvalue weighted by Crippen LogP contribution is 2.40. The van der Waals surface area contributed by atoms with Crippen LogP contribution in [-0.2, 0) is 10.9 Å². The minimum absolute atomic E-state index is 0.00495. The van der Waals surface area contributed by atoms with Gasteiger partial charge in [-0.25, -0.2) is 4.79 Å². The fourth-order valence-electron chi connectivity index (χ4n) is 2.79. The largest absolute Gasteiger partial charge is 0.416 e. The van der Waals surface area contributed by atoms with E-state index in [4.69, 9.17) is 4.74 Å². The number of H-pyrrole nitrogens is 1. The molecule has 2 N–H and O–H groups in total. The summed E-state index contributed by atoms with van der Waals surface area (Å²) in [5.74, 6) is 0. The van der Waals surface area contributed by atoms with Gasteiger partial charge < -0.3 is 9.72 Å². The van der Waals surface area contributed by atoms with Crippen molar-refractivity contribution in [3.8, 4) is 0 Å². The molecule has 1 aromatic heterocycles. The summed E-state index contributed by atoms with van der Waals surface area (Å²) in [6.07, 6.45) is -2.60. The van der Waals surface area contributed by atoms with Crippen LogP contribution in [0.5, 0.6) is 0 Å². The molecule has 10 heteroatoms. The number of nitrogens with zero attached hydrogens (tertiary/aromatic N) is 1. The molecular formula is C14H14F3N3O3S. The van der Waals surface area contributed by atoms with E-state index >= 15 is 0 Å². The van der Waals surface area contributed by atoms with Crippen LogP contribution in [0.3, 0.4) is 0 Å². The Hall–Kier alpha value is -1.94. The summed E-state index contributed by atoms with van der Waals surface area (Å²) in [5, 5.41) is -0.00495. The van der Waals surface area contributed by atoms with Gasteiger partial charge in [-0.3, -0.25) is 9.63 Å². The Labute approximate surface area is 138 Å². The summed E-state index contributed by atoms with van der Waals surface area (Å²) in [6.45, 7) is 0.379. The zero-order valence-electron chi connectivity index (χ0n) is 12.6. The third kappa shape index (κ3) is 2.91. The Balaban J connectivity index is 2.31. The predicted molar refractivity (Wildman–Crippen MR) is 84.6 cm³/mol. The lowest BCUT2D eigenvalue weighted by Crippen LogP contribution is -2.39. The van der Waals surface area contributed by atoms with Crippen molar-refractivity contribution in [2.24, 2.45) is 0 Å². The van der Waals surface area contributed by atoms with Crippen molar-refractivity contribution in [2.75, 3.05) is 17.7 Å². The number of aromatic amines is 1. The molecule has 0 aliphatic carbocycles. The van der Waals surface area contributed by atoms with Crippen LogP contribution in [0.4, 0.5) is 13.2 Å². The lowest BCUT2D eigenvalue weighted by atomic mass is 9.97. The van der Waals surface area contributed by atoms with Gasteiger partial charge in [0.15, 0.2) is 0 Å². The van der Waals surface area contributed by atoms with Gasteiger partial charge in [0.2, 0.25) is 0 Å². The fourth-order valence-corrected chi connectivity index (χ4v) is 3.14. The summed E-state index contributed by atoms with van der Waals surface area (Å²) in [7, 11) is 0. The molecule has 1 aliphatic heterocycles. The highest BCUT2D eigenvalue weighted by Gasteiger charge is 2.37. The molecule has 0 spiro atoms. The number of aromatic nitrogens is 2. The molecule has 1 fully saturated rings. The van der Waals surface area contributed by atoms with E-state index in [9.17, 15) is 22.8 Å². The Kier molecular flexibility index (Phi) is 4.35. The number of hydrogen-bond acceptors (Lipinski definition) is 5. The Morgan fingerprint density at radius 2 is 2.12 bits per heavy atom. The van der Waals surface area contributed by atoms with Crippen molar-refractivity contribution in [1.29, 1.82) is 0 Å². The summed E-state index contributed by atoms with van der Waals surface area (Å²) in [4.78, 5) is 29.1. The second kappa shape index (κ2) is 6.17. The first-order chi connectivity index (χ1) is 11.3. The van der Waals surface area contributed by atoms with Gasteiger partial charge in [0, 0.05) is 12.9 Å². The van der Waals surface area contributed by atoms with Crippen molar-refractivity contribution in [2.45, 2.75) is 25.1 Å². The summed E-state index contributed by atoms with van der Waals surface area (Å²) in [5.41, 5.74) is -2.67. The van der Waals surface area contributed by atoms with Crippen LogP contribution in [0.15, 0.2) is 21.7 Å². The Morgan fingerprint density at radius 1 is 1.38 bits per heavy atom. The average Bonchev–Trinajstić information content (AvgIpc) is 3.04. The number of halogens is 3. The first-order valence-corrected chi connectivity index (χ1v) is 8.36. The molecule has 1 aliphatic rings. The predicted octanol–water partition coefficient (Wildman–Crippen LogP) is 2.38. The van der Waals surface area contributed by atoms with Crippen molar-refractivity contribution >= 4 is 22.9 Å². The number of benzene rings is 1. The van der Waals surface area contributed by atoms with Crippen molar-refractivity contribution in [3.05, 3.63) is 44.1 Å². The molecule has 3 rings (SSSR count). The van der Waals surface area contributed by atoms with E-state index in [1.165, 1.54) is 6.07 Å². The van der Waals surface area contributed by atoms with Gasteiger partial charge in [0.05, 0.1) is 22.6 Å². The normalized spacial score (nSPS) is 18.2. The highest BCUT2D eigenvalue weighted by atomic mass is 32.2. The standard InChI is InChI=1S/C14H14F3N3O3S/c1-24-19-20-12(21)8-5-7(11-3-2-4-23-11)9(14(15,16)17)6-10(8)18-13(20)22/h5-6,11,19H,2-4H2,1H3,(H,18,22). The zero-order chi connectivity index (χ0) is 17.5. The molecule has 0 amide bonds. The smallest absolute Gasteiger partial charge is 0.374 e. The number of ether oxygens (including phenoxy) is 1. The molecule has 2 heterocycles. The van der Waals surface area contributed by atoms with Crippen LogP contribution in [0.1, 0.15) is 30.1 Å². The number of nitrogens with one attached hydrogen (secondary N) is 2. The number of alkyl halides is 3. The molecule has 0 radical (unpaired) electrons. The van der Waals surface area contributed by atoms with E-state index in [1.807, 2.05) is 0 Å². The van der Waals surface area contributed by atoms with Gasteiger partial charge in [-0.05, 0) is 42.5 Å². The maximum atomic E-state index is 13.4. The monoisotopic (exact) mass is 361 g/mol. The molecule has 1 aromatic carbocycles. The minimum atomic E-state index is -4.61. The van der Waals surface area contributed by atoms with Crippen LogP contribution < -0.4 is 16.1 Å². The maximum absolute atomic E-state index is 13.4. The van der Waals surface area contributed by atoms with Crippen LogP contribution in [0, 0.1) is 0 Å². The molecule has 2 aromatic rings. The average molecular weight is 361 g/mol. The Bertz CT molecular complexity index is 885. The second-order valence-corrected chi connectivity index (χ2v) is 5.94. The Morgan fingerprint density at radius 3 is 2.71 bits per heavy atom. The summed E-state index contributed by atoms with van der Waals surface area (Å²) < 4.78 is 46.2. The van der Waals surface area contributed by atoms with Crippen molar-refractivity contribution in [3.63, 3.8) is 0 Å². The molecule has 130 valence electrons. The van der Waals surface area contributed by atoms with Gasteiger partial charge in [-0.15, -0.1) is 0 Å². The van der Waals surface area contributed by atoms with Crippen molar-refractivity contribution < 1.29 is 17.9 Å². The number of rotatable bonds is 3. The quantitative estimate of drug-likeness (QED) is 0.821. The van der Waals surface area contributed by atoms with E-state index in [-0.39, 0.29) is 16.5 Å². The first kappa shape index (κ1) is 16.9. The molecule has 0 bridgehead atoms. The van der Waals surface area contributed by atoms with Crippen LogP contribution >= 0.6 is 11.9 Å². The first-order valence-electron chi connectivity index (χ1n) is 7.13. The molecular weight excluding hydrogens is 347 g/mol. The minimum Gasteiger partial charge on any atom is -0.374 e.